The van der Waals surface area contributed by atoms with Crippen LogP contribution in [0, 0.1) is 0 Å². The lowest BCUT2D eigenvalue weighted by molar-refractivity contribution is -0.137. The Morgan fingerprint density at radius 2 is 1.75 bits per heavy atom. The maximum Gasteiger partial charge on any atom is 0.416 e. The van der Waals surface area contributed by atoms with Crippen molar-refractivity contribution in [3.05, 3.63) is 35.4 Å². The van der Waals surface area contributed by atoms with Crippen molar-refractivity contribution in [3.8, 4) is 0 Å². The first-order valence-corrected chi connectivity index (χ1v) is 5.83. The second-order valence-electron chi connectivity index (χ2n) is 4.35. The second-order valence-corrected chi connectivity index (χ2v) is 4.35. The summed E-state index contributed by atoms with van der Waals surface area (Å²) in [4.78, 5) is 0. The van der Waals surface area contributed by atoms with E-state index in [0.717, 1.165) is 12.1 Å². The third-order valence-electron chi connectivity index (χ3n) is 2.77. The minimum atomic E-state index is -4.50. The fourth-order valence-corrected chi connectivity index (χ4v) is 1.78. The number of alkyl halides is 6. The fraction of sp³-hybridized carbons (Fsp3) is 0.500. The minimum absolute atomic E-state index is 0.00266. The third-order valence-corrected chi connectivity index (χ3v) is 2.77. The van der Waals surface area contributed by atoms with Crippen molar-refractivity contribution in [1.82, 2.24) is 5.43 Å². The summed E-state index contributed by atoms with van der Waals surface area (Å²) in [5.41, 5.74) is 1.61. The zero-order valence-electron chi connectivity index (χ0n) is 10.4. The molecule has 0 aromatic heterocycles. The average molecular weight is 300 g/mol. The number of halogens is 6. The van der Waals surface area contributed by atoms with Gasteiger partial charge in [0, 0.05) is 12.5 Å². The van der Waals surface area contributed by atoms with Gasteiger partial charge in [0.1, 0.15) is 0 Å². The maximum absolute atomic E-state index is 12.5. The van der Waals surface area contributed by atoms with Crippen LogP contribution < -0.4 is 11.3 Å². The summed E-state index contributed by atoms with van der Waals surface area (Å²) in [6.45, 7) is 0. The SMILES string of the molecule is NNC(CCCC(F)(F)F)c1cccc(C(F)(F)F)c1. The van der Waals surface area contributed by atoms with Crippen LogP contribution in [0.25, 0.3) is 0 Å². The second kappa shape index (κ2) is 6.45. The molecular formula is C12H14F6N2. The van der Waals surface area contributed by atoms with E-state index >= 15 is 0 Å². The van der Waals surface area contributed by atoms with E-state index < -0.39 is 30.4 Å². The Kier molecular flexibility index (Phi) is 5.41. The van der Waals surface area contributed by atoms with Gasteiger partial charge in [0.2, 0.25) is 0 Å². The van der Waals surface area contributed by atoms with E-state index in [4.69, 9.17) is 5.84 Å². The van der Waals surface area contributed by atoms with E-state index in [0.29, 0.717) is 0 Å². The number of rotatable bonds is 5. The van der Waals surface area contributed by atoms with Crippen molar-refractivity contribution >= 4 is 0 Å². The molecule has 8 heteroatoms. The molecule has 3 N–H and O–H groups in total. The molecular weight excluding hydrogens is 286 g/mol. The van der Waals surface area contributed by atoms with Gasteiger partial charge >= 0.3 is 12.4 Å². The van der Waals surface area contributed by atoms with Crippen molar-refractivity contribution in [1.29, 1.82) is 0 Å². The first-order valence-electron chi connectivity index (χ1n) is 5.83. The molecule has 114 valence electrons. The Balaban J connectivity index is 2.75. The molecule has 1 aromatic rings. The van der Waals surface area contributed by atoms with E-state index in [1.165, 1.54) is 12.1 Å². The number of hydrogen-bond acceptors (Lipinski definition) is 2. The minimum Gasteiger partial charge on any atom is -0.271 e. The Hall–Kier alpha value is -1.28. The highest BCUT2D eigenvalue weighted by atomic mass is 19.4. The van der Waals surface area contributed by atoms with Crippen LogP contribution in [-0.2, 0) is 6.18 Å². The molecule has 1 rings (SSSR count). The molecule has 1 atom stereocenters. The van der Waals surface area contributed by atoms with Crippen molar-refractivity contribution in [2.24, 2.45) is 5.84 Å². The van der Waals surface area contributed by atoms with Crippen molar-refractivity contribution in [2.75, 3.05) is 0 Å². The van der Waals surface area contributed by atoms with Crippen LogP contribution in [0.15, 0.2) is 24.3 Å². The number of hydrogen-bond donors (Lipinski definition) is 2. The summed E-state index contributed by atoms with van der Waals surface area (Å²) in [6.07, 6.45) is -10.00. The monoisotopic (exact) mass is 300 g/mol. The molecule has 0 heterocycles. The van der Waals surface area contributed by atoms with Gasteiger partial charge in [-0.05, 0) is 30.5 Å². The zero-order valence-corrected chi connectivity index (χ0v) is 10.4. The first kappa shape index (κ1) is 16.8. The van der Waals surface area contributed by atoms with Crippen LogP contribution in [-0.4, -0.2) is 6.18 Å². The highest BCUT2D eigenvalue weighted by Crippen LogP contribution is 2.32. The Morgan fingerprint density at radius 3 is 2.25 bits per heavy atom. The molecule has 0 aliphatic rings. The lowest BCUT2D eigenvalue weighted by Gasteiger charge is -2.18. The van der Waals surface area contributed by atoms with Crippen LogP contribution in [0.1, 0.15) is 36.4 Å². The van der Waals surface area contributed by atoms with Gasteiger partial charge in [-0.1, -0.05) is 12.1 Å². The van der Waals surface area contributed by atoms with Crippen LogP contribution in [0.4, 0.5) is 26.3 Å². The Labute approximate surface area is 111 Å². The van der Waals surface area contributed by atoms with Crippen LogP contribution in [0.5, 0.6) is 0 Å². The zero-order chi connectivity index (χ0) is 15.4. The molecule has 0 saturated carbocycles. The van der Waals surface area contributed by atoms with Gasteiger partial charge in [-0.25, -0.2) is 0 Å². The molecule has 0 amide bonds. The first-order chi connectivity index (χ1) is 9.13. The molecule has 0 radical (unpaired) electrons. The van der Waals surface area contributed by atoms with Gasteiger partial charge in [0.25, 0.3) is 0 Å². The molecule has 0 bridgehead atoms. The molecule has 20 heavy (non-hydrogen) atoms. The lowest BCUT2D eigenvalue weighted by Crippen LogP contribution is -2.28. The van der Waals surface area contributed by atoms with E-state index in [1.807, 2.05) is 0 Å². The highest BCUT2D eigenvalue weighted by Gasteiger charge is 2.31. The molecule has 1 aromatic carbocycles. The summed E-state index contributed by atoms with van der Waals surface area (Å²) in [5, 5.41) is 0. The highest BCUT2D eigenvalue weighted by molar-refractivity contribution is 5.27. The van der Waals surface area contributed by atoms with E-state index in [1.54, 1.807) is 0 Å². The lowest BCUT2D eigenvalue weighted by atomic mass is 9.99. The fourth-order valence-electron chi connectivity index (χ4n) is 1.78. The van der Waals surface area contributed by atoms with Crippen molar-refractivity contribution < 1.29 is 26.3 Å². The predicted molar refractivity (Wildman–Crippen MR) is 61.4 cm³/mol. The summed E-state index contributed by atoms with van der Waals surface area (Å²) < 4.78 is 73.7. The largest absolute Gasteiger partial charge is 0.416 e. The Morgan fingerprint density at radius 1 is 1.10 bits per heavy atom. The van der Waals surface area contributed by atoms with Gasteiger partial charge in [-0.15, -0.1) is 0 Å². The maximum atomic E-state index is 12.5. The topological polar surface area (TPSA) is 38.0 Å². The quantitative estimate of drug-likeness (QED) is 0.491. The molecule has 0 aliphatic carbocycles. The van der Waals surface area contributed by atoms with Crippen LogP contribution >= 0.6 is 0 Å². The molecule has 0 spiro atoms. The smallest absolute Gasteiger partial charge is 0.271 e. The normalized spacial score (nSPS) is 14.3. The summed E-state index contributed by atoms with van der Waals surface area (Å²) in [6, 6.07) is 3.63. The molecule has 0 aliphatic heterocycles. The average Bonchev–Trinajstić information content (AvgIpc) is 2.32. The summed E-state index contributed by atoms with van der Waals surface area (Å²) in [7, 11) is 0. The number of hydrazine groups is 1. The van der Waals surface area contributed by atoms with E-state index in [-0.39, 0.29) is 18.4 Å². The third kappa shape index (κ3) is 5.38. The molecule has 0 saturated heterocycles. The van der Waals surface area contributed by atoms with Gasteiger partial charge in [0.05, 0.1) is 5.56 Å². The predicted octanol–water partition coefficient (Wildman–Crippen LogP) is 3.94. The van der Waals surface area contributed by atoms with Gasteiger partial charge in [-0.2, -0.15) is 26.3 Å². The van der Waals surface area contributed by atoms with Crippen LogP contribution in [0.2, 0.25) is 0 Å². The number of benzene rings is 1. The molecule has 1 unspecified atom stereocenters. The van der Waals surface area contributed by atoms with E-state index in [2.05, 4.69) is 5.43 Å². The van der Waals surface area contributed by atoms with Gasteiger partial charge < -0.3 is 0 Å². The van der Waals surface area contributed by atoms with Crippen molar-refractivity contribution in [2.45, 2.75) is 37.7 Å². The summed E-state index contributed by atoms with van der Waals surface area (Å²) in [5.74, 6) is 5.20. The number of nitrogens with one attached hydrogen (secondary N) is 1. The summed E-state index contributed by atoms with van der Waals surface area (Å²) >= 11 is 0. The molecule has 2 nitrogen and oxygen atoms in total. The molecule has 0 fully saturated rings. The standard InChI is InChI=1S/C12H14F6N2/c13-11(14,15)6-2-5-10(20-19)8-3-1-4-9(7-8)12(16,17)18/h1,3-4,7,10,20H,2,5-6,19H2. The van der Waals surface area contributed by atoms with Crippen molar-refractivity contribution in [3.63, 3.8) is 0 Å². The Bertz CT molecular complexity index is 427. The van der Waals surface area contributed by atoms with Gasteiger partial charge in [-0.3, -0.25) is 11.3 Å². The number of nitrogens with two attached hydrogens (primary N) is 1. The van der Waals surface area contributed by atoms with Crippen LogP contribution in [0.3, 0.4) is 0 Å². The van der Waals surface area contributed by atoms with E-state index in [9.17, 15) is 26.3 Å². The van der Waals surface area contributed by atoms with Gasteiger partial charge in [0.15, 0.2) is 0 Å².